The van der Waals surface area contributed by atoms with Crippen LogP contribution in [-0.4, -0.2) is 18.2 Å². The zero-order valence-corrected chi connectivity index (χ0v) is 10.00. The van der Waals surface area contributed by atoms with Crippen LogP contribution in [0.25, 0.3) is 0 Å². The van der Waals surface area contributed by atoms with E-state index in [1.54, 1.807) is 0 Å². The zero-order chi connectivity index (χ0) is 11.6. The van der Waals surface area contributed by atoms with Crippen molar-refractivity contribution < 1.29 is 4.74 Å². The number of aryl methyl sites for hydroxylation is 1. The number of nitrogens with two attached hydrogens (primary N) is 1. The van der Waals surface area contributed by atoms with Gasteiger partial charge in [-0.15, -0.1) is 0 Å². The number of benzene rings is 1. The van der Waals surface area contributed by atoms with Gasteiger partial charge >= 0.3 is 0 Å². The highest BCUT2D eigenvalue weighted by Gasteiger charge is 2.30. The molecule has 3 nitrogen and oxygen atoms in total. The molecule has 0 aliphatic carbocycles. The van der Waals surface area contributed by atoms with Gasteiger partial charge in [-0.1, -0.05) is 23.7 Å². The Morgan fingerprint density at radius 2 is 2.38 bits per heavy atom. The van der Waals surface area contributed by atoms with Crippen LogP contribution in [0.3, 0.4) is 0 Å². The average molecular weight is 239 g/mol. The van der Waals surface area contributed by atoms with Crippen molar-refractivity contribution in [2.45, 2.75) is 25.3 Å². The minimum atomic E-state index is -0.188. The first kappa shape index (κ1) is 11.3. The molecule has 0 radical (unpaired) electrons. The van der Waals surface area contributed by atoms with Gasteiger partial charge in [-0.3, -0.25) is 0 Å². The van der Waals surface area contributed by atoms with Gasteiger partial charge in [0.15, 0.2) is 0 Å². The quantitative estimate of drug-likeness (QED) is 0.879. The number of amidine groups is 1. The second-order valence-corrected chi connectivity index (χ2v) is 4.80. The number of halogens is 1. The third-order valence-corrected chi connectivity index (χ3v) is 2.99. The molecule has 0 amide bonds. The molecule has 0 spiro atoms. The van der Waals surface area contributed by atoms with Gasteiger partial charge in [0.2, 0.25) is 0 Å². The standard InChI is InChI=1S/C12H15ClN2O/c1-12(8-16-11(14)15-12)6-5-9-3-2-4-10(13)7-9/h2-4,7H,5-6,8H2,1H3,(H2,14,15)/t12-/m0/s1. The SMILES string of the molecule is C[C@]1(CCc2cccc(Cl)c2)COC(N)=N1. The van der Waals surface area contributed by atoms with Crippen LogP contribution in [0.5, 0.6) is 0 Å². The molecule has 1 aliphatic heterocycles. The number of ether oxygens (including phenoxy) is 1. The number of aliphatic imine (C=N–C) groups is 1. The summed E-state index contributed by atoms with van der Waals surface area (Å²) in [6.07, 6.45) is 1.84. The van der Waals surface area contributed by atoms with Crippen molar-refractivity contribution in [1.82, 2.24) is 0 Å². The topological polar surface area (TPSA) is 47.6 Å². The normalized spacial score (nSPS) is 24.0. The lowest BCUT2D eigenvalue weighted by Crippen LogP contribution is -2.24. The third-order valence-electron chi connectivity index (χ3n) is 2.75. The molecule has 0 bridgehead atoms. The highest BCUT2D eigenvalue weighted by molar-refractivity contribution is 6.30. The van der Waals surface area contributed by atoms with Crippen LogP contribution in [0, 0.1) is 0 Å². The highest BCUT2D eigenvalue weighted by Crippen LogP contribution is 2.24. The zero-order valence-electron chi connectivity index (χ0n) is 9.24. The van der Waals surface area contributed by atoms with E-state index in [1.807, 2.05) is 18.2 Å². The smallest absolute Gasteiger partial charge is 0.282 e. The van der Waals surface area contributed by atoms with Crippen LogP contribution in [-0.2, 0) is 11.2 Å². The van der Waals surface area contributed by atoms with E-state index < -0.39 is 0 Å². The van der Waals surface area contributed by atoms with Crippen LogP contribution in [0.4, 0.5) is 0 Å². The van der Waals surface area contributed by atoms with Crippen LogP contribution in [0.1, 0.15) is 18.9 Å². The minimum Gasteiger partial charge on any atom is -0.463 e. The van der Waals surface area contributed by atoms with Crippen molar-refractivity contribution in [3.05, 3.63) is 34.9 Å². The molecule has 1 aromatic rings. The van der Waals surface area contributed by atoms with Crippen LogP contribution in [0.15, 0.2) is 29.3 Å². The van der Waals surface area contributed by atoms with Gasteiger partial charge in [-0.05, 0) is 37.5 Å². The molecule has 1 heterocycles. The molecule has 0 aromatic heterocycles. The Morgan fingerprint density at radius 1 is 1.56 bits per heavy atom. The molecule has 1 atom stereocenters. The van der Waals surface area contributed by atoms with Crippen molar-refractivity contribution in [2.75, 3.05) is 6.61 Å². The second kappa shape index (κ2) is 4.34. The monoisotopic (exact) mass is 238 g/mol. The Hall–Kier alpha value is -1.22. The lowest BCUT2D eigenvalue weighted by molar-refractivity contribution is 0.255. The van der Waals surface area contributed by atoms with Gasteiger partial charge in [0.25, 0.3) is 6.02 Å². The number of rotatable bonds is 3. The highest BCUT2D eigenvalue weighted by atomic mass is 35.5. The maximum atomic E-state index is 5.93. The van der Waals surface area contributed by atoms with Gasteiger partial charge in [0, 0.05) is 5.02 Å². The van der Waals surface area contributed by atoms with E-state index in [9.17, 15) is 0 Å². The van der Waals surface area contributed by atoms with Crippen molar-refractivity contribution >= 4 is 17.6 Å². The Labute approximate surface area is 100 Å². The lowest BCUT2D eigenvalue weighted by atomic mass is 9.95. The Morgan fingerprint density at radius 3 is 3.00 bits per heavy atom. The number of nitrogens with zero attached hydrogens (tertiary/aromatic N) is 1. The van der Waals surface area contributed by atoms with E-state index in [-0.39, 0.29) is 5.54 Å². The molecule has 86 valence electrons. The summed E-state index contributed by atoms with van der Waals surface area (Å²) in [6, 6.07) is 8.18. The predicted molar refractivity (Wildman–Crippen MR) is 65.8 cm³/mol. The van der Waals surface area contributed by atoms with Gasteiger partial charge in [-0.25, -0.2) is 4.99 Å². The molecule has 2 rings (SSSR count). The van der Waals surface area contributed by atoms with Crippen molar-refractivity contribution in [3.8, 4) is 0 Å². The molecule has 2 N–H and O–H groups in total. The summed E-state index contributed by atoms with van der Waals surface area (Å²) in [5.74, 6) is 0. The molecule has 0 saturated carbocycles. The molecule has 16 heavy (non-hydrogen) atoms. The van der Waals surface area contributed by atoms with E-state index in [2.05, 4.69) is 18.0 Å². The van der Waals surface area contributed by atoms with E-state index in [4.69, 9.17) is 22.1 Å². The number of hydrogen-bond acceptors (Lipinski definition) is 3. The Kier molecular flexibility index (Phi) is 3.06. The van der Waals surface area contributed by atoms with Crippen molar-refractivity contribution in [2.24, 2.45) is 10.7 Å². The summed E-state index contributed by atoms with van der Waals surface area (Å²) in [6.45, 7) is 2.62. The van der Waals surface area contributed by atoms with E-state index in [0.29, 0.717) is 12.6 Å². The lowest BCUT2D eigenvalue weighted by Gasteiger charge is -2.17. The molecule has 0 unspecified atom stereocenters. The molecule has 1 aromatic carbocycles. The molecular weight excluding hydrogens is 224 g/mol. The van der Waals surface area contributed by atoms with Gasteiger partial charge < -0.3 is 10.5 Å². The van der Waals surface area contributed by atoms with E-state index in [0.717, 1.165) is 17.9 Å². The van der Waals surface area contributed by atoms with Gasteiger partial charge in [0.1, 0.15) is 6.61 Å². The maximum absolute atomic E-state index is 5.93. The van der Waals surface area contributed by atoms with Gasteiger partial charge in [0.05, 0.1) is 5.54 Å². The van der Waals surface area contributed by atoms with E-state index >= 15 is 0 Å². The Balaban J connectivity index is 1.98. The fraction of sp³-hybridized carbons (Fsp3) is 0.417. The minimum absolute atomic E-state index is 0.188. The molecule has 4 heteroatoms. The summed E-state index contributed by atoms with van der Waals surface area (Å²) in [5.41, 5.74) is 6.54. The third kappa shape index (κ3) is 2.67. The molecular formula is C12H15ClN2O. The van der Waals surface area contributed by atoms with Crippen LogP contribution >= 0.6 is 11.6 Å². The predicted octanol–water partition coefficient (Wildman–Crippen LogP) is 2.38. The summed E-state index contributed by atoms with van der Waals surface area (Å²) < 4.78 is 5.18. The fourth-order valence-electron chi connectivity index (χ4n) is 1.79. The first-order valence-corrected chi connectivity index (χ1v) is 5.68. The van der Waals surface area contributed by atoms with Crippen molar-refractivity contribution in [1.29, 1.82) is 0 Å². The van der Waals surface area contributed by atoms with Crippen LogP contribution in [0.2, 0.25) is 5.02 Å². The average Bonchev–Trinajstić information content (AvgIpc) is 2.57. The second-order valence-electron chi connectivity index (χ2n) is 4.37. The van der Waals surface area contributed by atoms with Crippen LogP contribution < -0.4 is 5.73 Å². The molecule has 1 aliphatic rings. The van der Waals surface area contributed by atoms with E-state index in [1.165, 1.54) is 5.56 Å². The van der Waals surface area contributed by atoms with Crippen molar-refractivity contribution in [3.63, 3.8) is 0 Å². The fourth-order valence-corrected chi connectivity index (χ4v) is 2.01. The summed E-state index contributed by atoms with van der Waals surface area (Å²) in [7, 11) is 0. The maximum Gasteiger partial charge on any atom is 0.282 e. The summed E-state index contributed by atoms with van der Waals surface area (Å²) >= 11 is 5.93. The summed E-state index contributed by atoms with van der Waals surface area (Å²) in [5, 5.41) is 0.772. The largest absolute Gasteiger partial charge is 0.463 e. The molecule has 0 fully saturated rings. The molecule has 0 saturated heterocycles. The first-order chi connectivity index (χ1) is 7.57. The number of hydrogen-bond donors (Lipinski definition) is 1. The van der Waals surface area contributed by atoms with Gasteiger partial charge in [-0.2, -0.15) is 0 Å². The first-order valence-electron chi connectivity index (χ1n) is 5.30. The Bertz CT molecular complexity index is 419. The summed E-state index contributed by atoms with van der Waals surface area (Å²) in [4.78, 5) is 4.30.